The van der Waals surface area contributed by atoms with Crippen LogP contribution in [0.25, 0.3) is 10.2 Å². The predicted octanol–water partition coefficient (Wildman–Crippen LogP) is 3.68. The number of thiophene rings is 1. The molecule has 1 aromatic carbocycles. The zero-order valence-corrected chi connectivity index (χ0v) is 15.1. The van der Waals surface area contributed by atoms with Crippen LogP contribution in [0.3, 0.4) is 0 Å². The van der Waals surface area contributed by atoms with Gasteiger partial charge in [-0.15, -0.1) is 11.3 Å². The van der Waals surface area contributed by atoms with Crippen molar-refractivity contribution < 1.29 is 9.18 Å². The van der Waals surface area contributed by atoms with Crippen LogP contribution in [0.1, 0.15) is 36.2 Å². The van der Waals surface area contributed by atoms with E-state index in [2.05, 4.69) is 10.3 Å². The van der Waals surface area contributed by atoms with Crippen molar-refractivity contribution in [2.24, 2.45) is 0 Å². The molecule has 7 heteroatoms. The molecule has 1 amide bonds. The first kappa shape index (κ1) is 16.9. The Morgan fingerprint density at radius 2 is 2.00 bits per heavy atom. The molecule has 2 heterocycles. The average Bonchev–Trinajstić information content (AvgIpc) is 3.02. The Hall–Kier alpha value is -2.54. The fourth-order valence-corrected chi connectivity index (χ4v) is 4.56. The molecule has 1 atom stereocenters. The summed E-state index contributed by atoms with van der Waals surface area (Å²) in [6.07, 6.45) is 5.56. The third-order valence-corrected chi connectivity index (χ3v) is 6.01. The fourth-order valence-electron chi connectivity index (χ4n) is 3.34. The highest BCUT2D eigenvalue weighted by molar-refractivity contribution is 7.18. The van der Waals surface area contributed by atoms with Crippen LogP contribution in [0.2, 0.25) is 0 Å². The number of aryl methyl sites for hydroxylation is 2. The van der Waals surface area contributed by atoms with Crippen LogP contribution < -0.4 is 10.9 Å². The van der Waals surface area contributed by atoms with E-state index in [1.54, 1.807) is 18.3 Å². The van der Waals surface area contributed by atoms with Crippen molar-refractivity contribution in [1.29, 1.82) is 0 Å². The van der Waals surface area contributed by atoms with Crippen molar-refractivity contribution in [2.45, 2.75) is 38.6 Å². The summed E-state index contributed by atoms with van der Waals surface area (Å²) in [5.74, 6) is -0.715. The lowest BCUT2D eigenvalue weighted by atomic mass is 9.97. The lowest BCUT2D eigenvalue weighted by Gasteiger charge is -2.15. The Morgan fingerprint density at radius 3 is 2.77 bits per heavy atom. The average molecular weight is 371 g/mol. The first-order chi connectivity index (χ1) is 12.5. The number of anilines is 1. The number of nitrogens with one attached hydrogen (secondary N) is 1. The molecule has 0 radical (unpaired) electrons. The quantitative estimate of drug-likeness (QED) is 0.764. The number of fused-ring (bicyclic) bond motifs is 3. The van der Waals surface area contributed by atoms with Gasteiger partial charge in [0.1, 0.15) is 16.7 Å². The van der Waals surface area contributed by atoms with Gasteiger partial charge in [-0.2, -0.15) is 0 Å². The summed E-state index contributed by atoms with van der Waals surface area (Å²) in [5.41, 5.74) is 1.42. The normalized spacial score (nSPS) is 14.8. The number of hydrogen-bond donors (Lipinski definition) is 1. The van der Waals surface area contributed by atoms with E-state index >= 15 is 0 Å². The Kier molecular flexibility index (Phi) is 4.32. The molecule has 1 aliphatic rings. The lowest BCUT2D eigenvalue weighted by molar-refractivity contribution is -0.118. The molecule has 1 unspecified atom stereocenters. The smallest absolute Gasteiger partial charge is 0.263 e. The number of hydrogen-bond acceptors (Lipinski definition) is 4. The van der Waals surface area contributed by atoms with Crippen LogP contribution in [-0.2, 0) is 17.6 Å². The van der Waals surface area contributed by atoms with E-state index in [1.807, 2.05) is 0 Å². The molecule has 1 aliphatic carbocycles. The van der Waals surface area contributed by atoms with Crippen molar-refractivity contribution >= 4 is 33.1 Å². The minimum absolute atomic E-state index is 0.170. The topological polar surface area (TPSA) is 64.0 Å². The Labute approximate surface area is 153 Å². The van der Waals surface area contributed by atoms with E-state index in [-0.39, 0.29) is 17.3 Å². The van der Waals surface area contributed by atoms with Crippen molar-refractivity contribution in [3.8, 4) is 0 Å². The summed E-state index contributed by atoms with van der Waals surface area (Å²) in [6.45, 7) is 1.66. The van der Waals surface area contributed by atoms with Gasteiger partial charge in [0, 0.05) is 10.6 Å². The standard InChI is InChI=1S/C19H18FN3O2S/c1-11(17(24)22-13-8-6-12(20)7-9-13)23-10-21-18-16(19(23)25)14-4-2-3-5-15(14)26-18/h6-11H,2-5H2,1H3,(H,22,24). The van der Waals surface area contributed by atoms with Crippen LogP contribution in [0.15, 0.2) is 35.4 Å². The van der Waals surface area contributed by atoms with Gasteiger partial charge in [-0.05, 0) is 62.4 Å². The summed E-state index contributed by atoms with van der Waals surface area (Å²) < 4.78 is 14.4. The number of nitrogens with zero attached hydrogens (tertiary/aromatic N) is 2. The number of amides is 1. The maximum absolute atomic E-state index is 13.0. The molecule has 0 spiro atoms. The van der Waals surface area contributed by atoms with Crippen molar-refractivity contribution in [1.82, 2.24) is 9.55 Å². The van der Waals surface area contributed by atoms with Crippen molar-refractivity contribution in [3.05, 3.63) is 57.2 Å². The molecule has 134 valence electrons. The third kappa shape index (κ3) is 2.92. The molecule has 0 fully saturated rings. The Balaban J connectivity index is 1.67. The summed E-state index contributed by atoms with van der Waals surface area (Å²) in [5, 5.41) is 3.37. The largest absolute Gasteiger partial charge is 0.324 e. The molecule has 0 bridgehead atoms. The number of rotatable bonds is 3. The highest BCUT2D eigenvalue weighted by atomic mass is 32.1. The highest BCUT2D eigenvalue weighted by Gasteiger charge is 2.23. The maximum Gasteiger partial charge on any atom is 0.263 e. The van der Waals surface area contributed by atoms with E-state index in [0.29, 0.717) is 11.1 Å². The summed E-state index contributed by atoms with van der Waals surface area (Å²) >= 11 is 1.59. The second-order valence-corrected chi connectivity index (χ2v) is 7.60. The van der Waals surface area contributed by atoms with Gasteiger partial charge in [0.05, 0.1) is 11.7 Å². The molecular formula is C19H18FN3O2S. The van der Waals surface area contributed by atoms with Gasteiger partial charge >= 0.3 is 0 Å². The van der Waals surface area contributed by atoms with Crippen LogP contribution in [0.5, 0.6) is 0 Å². The summed E-state index contributed by atoms with van der Waals surface area (Å²) in [6, 6.07) is 4.80. The molecule has 0 aliphatic heterocycles. The van der Waals surface area contributed by atoms with Crippen LogP contribution in [0.4, 0.5) is 10.1 Å². The number of carbonyl (C=O) groups excluding carboxylic acids is 1. The number of carbonyl (C=O) groups is 1. The molecule has 0 saturated carbocycles. The van der Waals surface area contributed by atoms with Crippen LogP contribution in [0, 0.1) is 5.82 Å². The third-order valence-electron chi connectivity index (χ3n) is 4.81. The minimum atomic E-state index is -0.719. The molecule has 26 heavy (non-hydrogen) atoms. The molecule has 4 rings (SSSR count). The zero-order valence-electron chi connectivity index (χ0n) is 14.3. The van der Waals surface area contributed by atoms with Crippen LogP contribution in [-0.4, -0.2) is 15.5 Å². The monoisotopic (exact) mass is 371 g/mol. The fraction of sp³-hybridized carbons (Fsp3) is 0.316. The van der Waals surface area contributed by atoms with Gasteiger partial charge in [-0.25, -0.2) is 9.37 Å². The Morgan fingerprint density at radius 1 is 1.27 bits per heavy atom. The zero-order chi connectivity index (χ0) is 18.3. The first-order valence-electron chi connectivity index (χ1n) is 8.62. The molecular weight excluding hydrogens is 353 g/mol. The van der Waals surface area contributed by atoms with Gasteiger partial charge < -0.3 is 5.32 Å². The van der Waals surface area contributed by atoms with Gasteiger partial charge in [0.15, 0.2) is 0 Å². The van der Waals surface area contributed by atoms with Gasteiger partial charge in [0.2, 0.25) is 5.91 Å². The van der Waals surface area contributed by atoms with E-state index in [1.165, 1.54) is 40.0 Å². The predicted molar refractivity (Wildman–Crippen MR) is 100 cm³/mol. The van der Waals surface area contributed by atoms with E-state index in [9.17, 15) is 14.0 Å². The molecule has 2 aromatic heterocycles. The second kappa shape index (κ2) is 6.64. The van der Waals surface area contributed by atoms with Gasteiger partial charge in [0.25, 0.3) is 5.56 Å². The summed E-state index contributed by atoms with van der Waals surface area (Å²) in [7, 11) is 0. The van der Waals surface area contributed by atoms with E-state index < -0.39 is 6.04 Å². The second-order valence-electron chi connectivity index (χ2n) is 6.52. The van der Waals surface area contributed by atoms with Crippen molar-refractivity contribution in [2.75, 3.05) is 5.32 Å². The van der Waals surface area contributed by atoms with Crippen molar-refractivity contribution in [3.63, 3.8) is 0 Å². The van der Waals surface area contributed by atoms with Gasteiger partial charge in [-0.3, -0.25) is 14.2 Å². The Bertz CT molecular complexity index is 1040. The van der Waals surface area contributed by atoms with E-state index in [0.717, 1.165) is 36.1 Å². The highest BCUT2D eigenvalue weighted by Crippen LogP contribution is 2.33. The molecule has 3 aromatic rings. The minimum Gasteiger partial charge on any atom is -0.324 e. The SMILES string of the molecule is CC(C(=O)Nc1ccc(F)cc1)n1cnc2sc3c(c2c1=O)CCCC3. The van der Waals surface area contributed by atoms with Gasteiger partial charge in [-0.1, -0.05) is 0 Å². The number of benzene rings is 1. The lowest BCUT2D eigenvalue weighted by Crippen LogP contribution is -2.32. The molecule has 0 saturated heterocycles. The molecule has 5 nitrogen and oxygen atoms in total. The van der Waals surface area contributed by atoms with E-state index in [4.69, 9.17) is 0 Å². The summed E-state index contributed by atoms with van der Waals surface area (Å²) in [4.78, 5) is 32.0. The number of aromatic nitrogens is 2. The number of halogens is 1. The first-order valence-corrected chi connectivity index (χ1v) is 9.44. The molecule has 1 N–H and O–H groups in total. The maximum atomic E-state index is 13.0. The van der Waals surface area contributed by atoms with Crippen LogP contribution >= 0.6 is 11.3 Å².